The minimum Gasteiger partial charge on any atom is -0.394 e. The lowest BCUT2D eigenvalue weighted by Crippen LogP contribution is -2.15. The van der Waals surface area contributed by atoms with Gasteiger partial charge in [-0.1, -0.05) is 0 Å². The normalized spacial score (nSPS) is 8.57. The molecule has 3 N–H and O–H groups in total. The van der Waals surface area contributed by atoms with Gasteiger partial charge in [-0.2, -0.15) is 0 Å². The number of hydrogen-bond donors (Lipinski definition) is 3. The van der Waals surface area contributed by atoms with Crippen LogP contribution in [0.25, 0.3) is 0 Å². The Morgan fingerprint density at radius 3 is 1.43 bits per heavy atom. The predicted octanol–water partition coefficient (Wildman–Crippen LogP) is -2.05. The first-order valence-corrected chi connectivity index (χ1v) is 1.71. The molecule has 0 heterocycles. The van der Waals surface area contributed by atoms with Gasteiger partial charge in [0.05, 0.1) is 13.2 Å². The zero-order chi connectivity index (χ0) is 4.99. The van der Waals surface area contributed by atoms with Crippen LogP contribution in [0.1, 0.15) is 0 Å². The van der Waals surface area contributed by atoms with Crippen LogP contribution in [0.15, 0.2) is 0 Å². The Kier molecular flexibility index (Phi) is 8.84. The number of rotatable bonds is 2. The van der Waals surface area contributed by atoms with Gasteiger partial charge in [0.15, 0.2) is 0 Å². The predicted molar refractivity (Wildman–Crippen MR) is 25.9 cm³/mol. The number of aliphatic hydroxyl groups is 3. The maximum atomic E-state index is 8.17. The van der Waals surface area contributed by atoms with Gasteiger partial charge in [0.25, 0.3) is 0 Å². The maximum absolute atomic E-state index is 8.17. The van der Waals surface area contributed by atoms with Crippen molar-refractivity contribution in [2.75, 3.05) is 13.2 Å². The van der Waals surface area contributed by atoms with E-state index in [0.717, 1.165) is 0 Å². The Labute approximate surface area is 46.6 Å². The van der Waals surface area contributed by atoms with Crippen LogP contribution in [0.3, 0.4) is 0 Å². The van der Waals surface area contributed by atoms with Crippen molar-refractivity contribution in [3.05, 3.63) is 0 Å². The van der Waals surface area contributed by atoms with E-state index in [0.29, 0.717) is 0 Å². The fourth-order valence-corrected chi connectivity index (χ4v) is 0.0577. The summed E-state index contributed by atoms with van der Waals surface area (Å²) in [7, 11) is 0. The molecule has 7 heavy (non-hydrogen) atoms. The standard InChI is InChI=1S/C3H8O3.Si/c4-1-3(6)2-5;/h3-6H,1-2H2;. The fourth-order valence-electron chi connectivity index (χ4n) is 0.0577. The summed E-state index contributed by atoms with van der Waals surface area (Å²) in [5, 5.41) is 24.0. The first-order valence-electron chi connectivity index (χ1n) is 1.71. The highest BCUT2D eigenvalue weighted by Crippen LogP contribution is 1.71. The molecule has 0 saturated carbocycles. The number of aliphatic hydroxyl groups excluding tert-OH is 3. The zero-order valence-corrected chi connectivity index (χ0v) is 4.83. The van der Waals surface area contributed by atoms with Crippen LogP contribution in [0.5, 0.6) is 0 Å². The Morgan fingerprint density at radius 2 is 1.43 bits per heavy atom. The summed E-state index contributed by atoms with van der Waals surface area (Å²) >= 11 is 0. The molecule has 0 unspecified atom stereocenters. The lowest BCUT2D eigenvalue weighted by molar-refractivity contribution is 0.0450. The molecule has 3 nitrogen and oxygen atoms in total. The zero-order valence-electron chi connectivity index (χ0n) is 3.83. The van der Waals surface area contributed by atoms with Crippen LogP contribution >= 0.6 is 0 Å². The topological polar surface area (TPSA) is 60.7 Å². The first-order chi connectivity index (χ1) is 2.81. The van der Waals surface area contributed by atoms with Gasteiger partial charge in [0, 0.05) is 11.0 Å². The quantitative estimate of drug-likeness (QED) is 0.368. The van der Waals surface area contributed by atoms with Gasteiger partial charge in [0.2, 0.25) is 0 Å². The summed E-state index contributed by atoms with van der Waals surface area (Å²) in [5.41, 5.74) is 0. The molecule has 0 atom stereocenters. The van der Waals surface area contributed by atoms with Crippen molar-refractivity contribution >= 4 is 11.0 Å². The monoisotopic (exact) mass is 120 g/mol. The van der Waals surface area contributed by atoms with E-state index in [1.165, 1.54) is 0 Å². The van der Waals surface area contributed by atoms with Crippen LogP contribution < -0.4 is 0 Å². The highest BCUT2D eigenvalue weighted by molar-refractivity contribution is 5.75. The third-order valence-electron chi connectivity index (χ3n) is 0.421. The molecule has 0 aromatic carbocycles. The molecule has 0 saturated heterocycles. The second-order valence-electron chi connectivity index (χ2n) is 1.02. The molecule has 42 valence electrons. The van der Waals surface area contributed by atoms with Gasteiger partial charge < -0.3 is 15.3 Å². The molecule has 0 aliphatic rings. The van der Waals surface area contributed by atoms with Crippen LogP contribution in [0.2, 0.25) is 0 Å². The summed E-state index contributed by atoms with van der Waals surface area (Å²) in [6.45, 7) is -0.729. The van der Waals surface area contributed by atoms with Crippen molar-refractivity contribution in [1.82, 2.24) is 0 Å². The van der Waals surface area contributed by atoms with Crippen LogP contribution in [0.4, 0.5) is 0 Å². The molecule has 0 aromatic rings. The summed E-state index contributed by atoms with van der Waals surface area (Å²) in [6, 6.07) is 0. The molecule has 0 bridgehead atoms. The molecule has 0 fully saturated rings. The smallest absolute Gasteiger partial charge is 0.100 e. The van der Waals surface area contributed by atoms with Crippen molar-refractivity contribution in [3.8, 4) is 0 Å². The van der Waals surface area contributed by atoms with Gasteiger partial charge in [-0.3, -0.25) is 0 Å². The van der Waals surface area contributed by atoms with Gasteiger partial charge in [-0.15, -0.1) is 0 Å². The van der Waals surface area contributed by atoms with Gasteiger partial charge in [-0.05, 0) is 0 Å². The van der Waals surface area contributed by atoms with Crippen LogP contribution in [-0.2, 0) is 0 Å². The van der Waals surface area contributed by atoms with Crippen molar-refractivity contribution in [3.63, 3.8) is 0 Å². The summed E-state index contributed by atoms with van der Waals surface area (Å²) in [6.07, 6.45) is -0.954. The van der Waals surface area contributed by atoms with E-state index in [1.807, 2.05) is 0 Å². The van der Waals surface area contributed by atoms with Crippen LogP contribution in [-0.4, -0.2) is 45.6 Å². The van der Waals surface area contributed by atoms with E-state index in [4.69, 9.17) is 15.3 Å². The Balaban J connectivity index is 0. The van der Waals surface area contributed by atoms with E-state index in [9.17, 15) is 0 Å². The molecule has 0 spiro atoms. The van der Waals surface area contributed by atoms with Crippen LogP contribution in [0, 0.1) is 0 Å². The van der Waals surface area contributed by atoms with Crippen molar-refractivity contribution in [2.45, 2.75) is 6.10 Å². The fraction of sp³-hybridized carbons (Fsp3) is 1.00. The second kappa shape index (κ2) is 6.10. The van der Waals surface area contributed by atoms with E-state index in [1.54, 1.807) is 0 Å². The summed E-state index contributed by atoms with van der Waals surface area (Å²) in [4.78, 5) is 0. The maximum Gasteiger partial charge on any atom is 0.100 e. The first kappa shape index (κ1) is 10.2. The second-order valence-corrected chi connectivity index (χ2v) is 1.02. The average Bonchev–Trinajstić information content (AvgIpc) is 1.65. The largest absolute Gasteiger partial charge is 0.394 e. The minimum absolute atomic E-state index is 0. The molecule has 0 aliphatic carbocycles. The number of hydrogen-bond acceptors (Lipinski definition) is 3. The molecule has 0 amide bonds. The molecule has 4 radical (unpaired) electrons. The summed E-state index contributed by atoms with van der Waals surface area (Å²) < 4.78 is 0. The Bertz CT molecular complexity index is 29.4. The van der Waals surface area contributed by atoms with E-state index >= 15 is 0 Å². The average molecular weight is 120 g/mol. The molecule has 0 aromatic heterocycles. The SMILES string of the molecule is OCC(O)CO.[Si]. The summed E-state index contributed by atoms with van der Waals surface area (Å²) in [5.74, 6) is 0. The van der Waals surface area contributed by atoms with Gasteiger partial charge >= 0.3 is 0 Å². The van der Waals surface area contributed by atoms with E-state index in [2.05, 4.69) is 0 Å². The third-order valence-corrected chi connectivity index (χ3v) is 0.421. The molecular formula is C3H8O3Si. The molecule has 0 rings (SSSR count). The van der Waals surface area contributed by atoms with Crippen molar-refractivity contribution in [1.29, 1.82) is 0 Å². The Hall–Kier alpha value is 0.0969. The van der Waals surface area contributed by atoms with E-state index < -0.39 is 6.10 Å². The van der Waals surface area contributed by atoms with Crippen molar-refractivity contribution in [2.24, 2.45) is 0 Å². The highest BCUT2D eigenvalue weighted by Gasteiger charge is 1.93. The molecule has 4 heteroatoms. The lowest BCUT2D eigenvalue weighted by Gasteiger charge is -1.96. The lowest BCUT2D eigenvalue weighted by atomic mass is 10.4. The van der Waals surface area contributed by atoms with Gasteiger partial charge in [-0.25, -0.2) is 0 Å². The molecule has 0 aliphatic heterocycles. The van der Waals surface area contributed by atoms with Crippen molar-refractivity contribution < 1.29 is 15.3 Å². The third kappa shape index (κ3) is 6.10. The molecular weight excluding hydrogens is 112 g/mol. The minimum atomic E-state index is -0.954. The highest BCUT2D eigenvalue weighted by atomic mass is 28.1. The van der Waals surface area contributed by atoms with Gasteiger partial charge in [0.1, 0.15) is 6.10 Å². The Morgan fingerprint density at radius 1 is 1.14 bits per heavy atom. The van der Waals surface area contributed by atoms with E-state index in [-0.39, 0.29) is 24.2 Å².